The molecule has 1 aromatic rings. The molecular weight excluding hydrogens is 388 g/mol. The maximum Gasteiger partial charge on any atom is 0.220 e. The Morgan fingerprint density at radius 1 is 1.00 bits per heavy atom. The van der Waals surface area contributed by atoms with Gasteiger partial charge in [0.25, 0.3) is 0 Å². The first-order chi connectivity index (χ1) is 13.8. The third kappa shape index (κ3) is 3.80. The van der Waals surface area contributed by atoms with Crippen LogP contribution in [0.4, 0.5) is 11.4 Å². The van der Waals surface area contributed by atoms with E-state index in [1.165, 1.54) is 12.7 Å². The molecule has 4 N–H and O–H groups in total. The highest BCUT2D eigenvalue weighted by Gasteiger charge is 2.43. The van der Waals surface area contributed by atoms with E-state index in [4.69, 9.17) is 16.5 Å². The topological polar surface area (TPSA) is 117 Å². The van der Waals surface area contributed by atoms with Gasteiger partial charge >= 0.3 is 0 Å². The Hall–Kier alpha value is -2.29. The molecule has 29 heavy (non-hydrogen) atoms. The van der Waals surface area contributed by atoms with Crippen LogP contribution in [-0.4, -0.2) is 45.3 Å². The number of guanidine groups is 2. The van der Waals surface area contributed by atoms with Crippen LogP contribution in [0.3, 0.4) is 0 Å². The first-order valence-corrected chi connectivity index (χ1v) is 12.3. The van der Waals surface area contributed by atoms with Gasteiger partial charge in [-0.3, -0.25) is 4.90 Å². The highest BCUT2D eigenvalue weighted by molar-refractivity contribution is 7.90. The SMILES string of the molecule is CS(=O)(=O)c1ccc(N2C(N)=NC(N)=NC23CCCCC3)cc1N1CCCCC1. The molecule has 9 heteroatoms. The molecular formula is C20H30N6O2S. The Kier molecular flexibility index (Phi) is 5.18. The van der Waals surface area contributed by atoms with Crippen molar-refractivity contribution < 1.29 is 8.42 Å². The molecule has 2 heterocycles. The highest BCUT2D eigenvalue weighted by Crippen LogP contribution is 2.41. The van der Waals surface area contributed by atoms with Crippen LogP contribution >= 0.6 is 0 Å². The average Bonchev–Trinajstić information content (AvgIpc) is 2.67. The minimum absolute atomic E-state index is 0.213. The van der Waals surface area contributed by atoms with E-state index >= 15 is 0 Å². The standard InChI is InChI=1S/C20H30N6O2S/c1-29(27,28)17-9-8-15(14-16(17)25-12-6-3-7-13-25)26-19(22)23-18(21)24-20(26)10-4-2-5-11-20/h8-9,14H,2-7,10-13H2,1H3,(H4,21,22,23,24). The lowest BCUT2D eigenvalue weighted by Gasteiger charge is -2.46. The molecule has 0 amide bonds. The summed E-state index contributed by atoms with van der Waals surface area (Å²) in [6.07, 6.45) is 9.49. The Balaban J connectivity index is 1.82. The number of sulfone groups is 1. The number of piperidine rings is 1. The van der Waals surface area contributed by atoms with Crippen molar-refractivity contribution in [2.45, 2.75) is 61.9 Å². The number of rotatable bonds is 3. The Morgan fingerprint density at radius 3 is 2.31 bits per heavy atom. The molecule has 2 fully saturated rings. The second-order valence-electron chi connectivity index (χ2n) is 8.29. The highest BCUT2D eigenvalue weighted by atomic mass is 32.2. The van der Waals surface area contributed by atoms with E-state index in [-0.39, 0.29) is 5.96 Å². The predicted octanol–water partition coefficient (Wildman–Crippen LogP) is 2.19. The summed E-state index contributed by atoms with van der Waals surface area (Å²) in [7, 11) is -3.36. The molecule has 158 valence electrons. The summed E-state index contributed by atoms with van der Waals surface area (Å²) in [5.74, 6) is 0.528. The number of hydrogen-bond acceptors (Lipinski definition) is 8. The molecule has 1 saturated carbocycles. The number of benzene rings is 1. The summed E-state index contributed by atoms with van der Waals surface area (Å²) in [5.41, 5.74) is 13.3. The molecule has 3 aliphatic rings. The fourth-order valence-electron chi connectivity index (χ4n) is 4.84. The molecule has 8 nitrogen and oxygen atoms in total. The van der Waals surface area contributed by atoms with E-state index in [0.29, 0.717) is 10.9 Å². The fraction of sp³-hybridized carbons (Fsp3) is 0.600. The first kappa shape index (κ1) is 20.0. The van der Waals surface area contributed by atoms with Gasteiger partial charge in [-0.2, -0.15) is 4.99 Å². The van der Waals surface area contributed by atoms with Crippen molar-refractivity contribution in [3.05, 3.63) is 18.2 Å². The minimum Gasteiger partial charge on any atom is -0.370 e. The van der Waals surface area contributed by atoms with Gasteiger partial charge in [0.05, 0.1) is 10.6 Å². The van der Waals surface area contributed by atoms with Crippen LogP contribution in [0.5, 0.6) is 0 Å². The lowest BCUT2D eigenvalue weighted by molar-refractivity contribution is 0.305. The maximum absolute atomic E-state index is 12.5. The summed E-state index contributed by atoms with van der Waals surface area (Å²) in [4.78, 5) is 13.4. The van der Waals surface area contributed by atoms with Crippen LogP contribution < -0.4 is 21.3 Å². The number of nitrogens with zero attached hydrogens (tertiary/aromatic N) is 4. The quantitative estimate of drug-likeness (QED) is 0.777. The van der Waals surface area contributed by atoms with Crippen molar-refractivity contribution in [3.63, 3.8) is 0 Å². The van der Waals surface area contributed by atoms with Gasteiger partial charge in [0.2, 0.25) is 11.9 Å². The molecule has 0 aromatic heterocycles. The molecule has 1 spiro atoms. The largest absolute Gasteiger partial charge is 0.370 e. The number of aliphatic imine (C=N–C) groups is 2. The van der Waals surface area contributed by atoms with E-state index in [1.54, 1.807) is 6.07 Å². The molecule has 2 aliphatic heterocycles. The summed E-state index contributed by atoms with van der Waals surface area (Å²) >= 11 is 0. The van der Waals surface area contributed by atoms with Gasteiger partial charge in [0.1, 0.15) is 5.66 Å². The number of nitrogens with two attached hydrogens (primary N) is 2. The zero-order chi connectivity index (χ0) is 20.6. The maximum atomic E-state index is 12.5. The summed E-state index contributed by atoms with van der Waals surface area (Å²) < 4.78 is 24.9. The van der Waals surface area contributed by atoms with Gasteiger partial charge in [0.15, 0.2) is 9.84 Å². The van der Waals surface area contributed by atoms with Gasteiger partial charge in [-0.1, -0.05) is 6.42 Å². The Bertz CT molecular complexity index is 944. The van der Waals surface area contributed by atoms with Gasteiger partial charge in [0, 0.05) is 25.0 Å². The molecule has 0 atom stereocenters. The molecule has 0 bridgehead atoms. The first-order valence-electron chi connectivity index (χ1n) is 10.4. The Labute approximate surface area is 172 Å². The number of anilines is 2. The van der Waals surface area contributed by atoms with E-state index < -0.39 is 15.5 Å². The zero-order valence-corrected chi connectivity index (χ0v) is 17.8. The van der Waals surface area contributed by atoms with E-state index in [1.807, 2.05) is 17.0 Å². The normalized spacial score (nSPS) is 22.4. The molecule has 0 radical (unpaired) electrons. The van der Waals surface area contributed by atoms with Gasteiger partial charge < -0.3 is 16.4 Å². The second kappa shape index (κ2) is 7.51. The monoisotopic (exact) mass is 418 g/mol. The van der Waals surface area contributed by atoms with Crippen molar-refractivity contribution in [3.8, 4) is 0 Å². The summed E-state index contributed by atoms with van der Waals surface area (Å²) in [5, 5.41) is 0. The average molecular weight is 419 g/mol. The van der Waals surface area contributed by atoms with Gasteiger partial charge in [-0.05, 0) is 63.1 Å². The van der Waals surface area contributed by atoms with E-state index in [2.05, 4.69) is 9.89 Å². The summed E-state index contributed by atoms with van der Waals surface area (Å²) in [6.45, 7) is 1.71. The van der Waals surface area contributed by atoms with Gasteiger partial charge in [-0.25, -0.2) is 13.4 Å². The van der Waals surface area contributed by atoms with Crippen LogP contribution in [0.25, 0.3) is 0 Å². The van der Waals surface area contributed by atoms with Crippen molar-refractivity contribution >= 4 is 33.1 Å². The van der Waals surface area contributed by atoms with Crippen LogP contribution in [-0.2, 0) is 9.84 Å². The van der Waals surface area contributed by atoms with E-state index in [9.17, 15) is 8.42 Å². The third-order valence-corrected chi connectivity index (χ3v) is 7.29. The van der Waals surface area contributed by atoms with Crippen LogP contribution in [0.2, 0.25) is 0 Å². The molecule has 4 rings (SSSR count). The lowest BCUT2D eigenvalue weighted by Crippen LogP contribution is -2.58. The molecule has 1 aliphatic carbocycles. The molecule has 1 aromatic carbocycles. The fourth-order valence-corrected chi connectivity index (χ4v) is 5.72. The molecule has 0 unspecified atom stereocenters. The van der Waals surface area contributed by atoms with Crippen LogP contribution in [0.15, 0.2) is 33.1 Å². The van der Waals surface area contributed by atoms with Crippen molar-refractivity contribution in [1.82, 2.24) is 0 Å². The predicted molar refractivity (Wildman–Crippen MR) is 117 cm³/mol. The van der Waals surface area contributed by atoms with Gasteiger partial charge in [-0.15, -0.1) is 0 Å². The summed E-state index contributed by atoms with van der Waals surface area (Å²) in [6, 6.07) is 5.46. The van der Waals surface area contributed by atoms with Crippen LogP contribution in [0, 0.1) is 0 Å². The van der Waals surface area contributed by atoms with Crippen molar-refractivity contribution in [1.29, 1.82) is 0 Å². The second-order valence-corrected chi connectivity index (χ2v) is 10.3. The zero-order valence-electron chi connectivity index (χ0n) is 17.0. The number of hydrogen-bond donors (Lipinski definition) is 2. The lowest BCUT2D eigenvalue weighted by atomic mass is 9.87. The van der Waals surface area contributed by atoms with E-state index in [0.717, 1.165) is 69.4 Å². The Morgan fingerprint density at radius 2 is 1.66 bits per heavy atom. The van der Waals surface area contributed by atoms with Crippen molar-refractivity contribution in [2.75, 3.05) is 29.1 Å². The van der Waals surface area contributed by atoms with Crippen LogP contribution in [0.1, 0.15) is 51.4 Å². The molecule has 1 saturated heterocycles. The minimum atomic E-state index is -3.36. The third-order valence-electron chi connectivity index (χ3n) is 6.15. The smallest absolute Gasteiger partial charge is 0.220 e. The van der Waals surface area contributed by atoms with Crippen molar-refractivity contribution in [2.24, 2.45) is 21.5 Å².